The average molecular weight is 359 g/mol. The van der Waals surface area contributed by atoms with Gasteiger partial charge in [0.15, 0.2) is 0 Å². The average Bonchev–Trinajstić information content (AvgIpc) is 2.63. The van der Waals surface area contributed by atoms with Gasteiger partial charge in [-0.1, -0.05) is 35.9 Å². The molecular weight excluding hydrogens is 338 g/mol. The molecule has 0 spiro atoms. The lowest BCUT2D eigenvalue weighted by molar-refractivity contribution is -0.113. The molecule has 1 aliphatic rings. The highest BCUT2D eigenvalue weighted by atomic mass is 32.2. The molecule has 1 atom stereocenters. The SMILES string of the molecule is Cc1ccc(S(=O)(=O)/N=C(\O[C@H]2CCCCO2)c2ccccc2)cc1. The van der Waals surface area contributed by atoms with E-state index in [1.807, 2.05) is 25.1 Å². The van der Waals surface area contributed by atoms with Crippen molar-refractivity contribution in [3.63, 3.8) is 0 Å². The third kappa shape index (κ3) is 4.67. The third-order valence-electron chi connectivity index (χ3n) is 3.92. The van der Waals surface area contributed by atoms with Gasteiger partial charge in [-0.2, -0.15) is 8.42 Å². The topological polar surface area (TPSA) is 65.0 Å². The van der Waals surface area contributed by atoms with E-state index in [0.717, 1.165) is 24.8 Å². The second kappa shape index (κ2) is 7.80. The van der Waals surface area contributed by atoms with Crippen LogP contribution < -0.4 is 0 Å². The van der Waals surface area contributed by atoms with Crippen LogP contribution in [0.25, 0.3) is 0 Å². The maximum atomic E-state index is 12.7. The zero-order chi connectivity index (χ0) is 17.7. The molecule has 0 aliphatic carbocycles. The minimum absolute atomic E-state index is 0.0630. The van der Waals surface area contributed by atoms with Gasteiger partial charge >= 0.3 is 0 Å². The van der Waals surface area contributed by atoms with Crippen LogP contribution in [-0.2, 0) is 19.5 Å². The largest absolute Gasteiger partial charge is 0.447 e. The minimum atomic E-state index is -3.87. The number of nitrogens with zero attached hydrogens (tertiary/aromatic N) is 1. The molecular formula is C19H21NO4S. The van der Waals surface area contributed by atoms with Crippen molar-refractivity contribution >= 4 is 15.9 Å². The number of rotatable bonds is 4. The molecule has 1 fully saturated rings. The molecule has 1 saturated heterocycles. The van der Waals surface area contributed by atoms with Crippen LogP contribution in [0.15, 0.2) is 63.9 Å². The molecule has 0 saturated carbocycles. The summed E-state index contributed by atoms with van der Waals surface area (Å²) >= 11 is 0. The van der Waals surface area contributed by atoms with E-state index < -0.39 is 16.3 Å². The Bertz CT molecular complexity index is 823. The summed E-state index contributed by atoms with van der Waals surface area (Å²) in [5.41, 5.74) is 1.59. The van der Waals surface area contributed by atoms with E-state index in [4.69, 9.17) is 9.47 Å². The Morgan fingerprint density at radius 3 is 2.44 bits per heavy atom. The predicted octanol–water partition coefficient (Wildman–Crippen LogP) is 3.67. The first-order valence-corrected chi connectivity index (χ1v) is 9.74. The monoisotopic (exact) mass is 359 g/mol. The van der Waals surface area contributed by atoms with Crippen molar-refractivity contribution < 1.29 is 17.9 Å². The van der Waals surface area contributed by atoms with Crippen molar-refractivity contribution in [1.29, 1.82) is 0 Å². The Morgan fingerprint density at radius 1 is 1.08 bits per heavy atom. The van der Waals surface area contributed by atoms with Gasteiger partial charge in [-0.05, 0) is 44.0 Å². The normalized spacial score (nSPS) is 18.8. The highest BCUT2D eigenvalue weighted by molar-refractivity contribution is 7.90. The van der Waals surface area contributed by atoms with E-state index in [0.29, 0.717) is 12.2 Å². The fourth-order valence-electron chi connectivity index (χ4n) is 2.52. The molecule has 2 aromatic carbocycles. The molecule has 0 bridgehead atoms. The summed E-state index contributed by atoms with van der Waals surface area (Å²) in [6, 6.07) is 15.6. The van der Waals surface area contributed by atoms with E-state index in [1.165, 1.54) is 0 Å². The number of ether oxygens (including phenoxy) is 2. The van der Waals surface area contributed by atoms with Crippen molar-refractivity contribution in [1.82, 2.24) is 0 Å². The second-order valence-electron chi connectivity index (χ2n) is 5.96. The van der Waals surface area contributed by atoms with Crippen LogP contribution in [0.1, 0.15) is 30.4 Å². The van der Waals surface area contributed by atoms with Crippen LogP contribution in [0.4, 0.5) is 0 Å². The lowest BCUT2D eigenvalue weighted by Crippen LogP contribution is -2.26. The minimum Gasteiger partial charge on any atom is -0.447 e. The molecule has 0 radical (unpaired) electrons. The molecule has 0 amide bonds. The lowest BCUT2D eigenvalue weighted by atomic mass is 10.2. The molecule has 0 aromatic heterocycles. The zero-order valence-electron chi connectivity index (χ0n) is 14.1. The zero-order valence-corrected chi connectivity index (χ0v) is 14.9. The highest BCUT2D eigenvalue weighted by Gasteiger charge is 2.21. The quantitative estimate of drug-likeness (QED) is 0.617. The fraction of sp³-hybridized carbons (Fsp3) is 0.316. The van der Waals surface area contributed by atoms with Gasteiger partial charge in [0.25, 0.3) is 10.0 Å². The van der Waals surface area contributed by atoms with E-state index in [2.05, 4.69) is 4.40 Å². The third-order valence-corrected chi connectivity index (χ3v) is 5.20. The summed E-state index contributed by atoms with van der Waals surface area (Å²) in [7, 11) is -3.87. The first-order chi connectivity index (χ1) is 12.0. The van der Waals surface area contributed by atoms with Crippen molar-refractivity contribution in [2.45, 2.75) is 37.4 Å². The van der Waals surface area contributed by atoms with Gasteiger partial charge in [-0.15, -0.1) is 4.40 Å². The lowest BCUT2D eigenvalue weighted by Gasteiger charge is -2.24. The number of hydrogen-bond acceptors (Lipinski definition) is 4. The Hall–Kier alpha value is -2.18. The molecule has 0 unspecified atom stereocenters. The molecule has 2 aromatic rings. The Kier molecular flexibility index (Phi) is 5.50. The van der Waals surface area contributed by atoms with Gasteiger partial charge in [0, 0.05) is 12.0 Å². The Balaban J connectivity index is 1.94. The summed E-state index contributed by atoms with van der Waals surface area (Å²) in [6.07, 6.45) is 2.22. The highest BCUT2D eigenvalue weighted by Crippen LogP contribution is 2.19. The van der Waals surface area contributed by atoms with E-state index in [-0.39, 0.29) is 10.8 Å². The van der Waals surface area contributed by atoms with E-state index in [9.17, 15) is 8.42 Å². The van der Waals surface area contributed by atoms with Gasteiger partial charge in [-0.3, -0.25) is 0 Å². The fourth-order valence-corrected chi connectivity index (χ4v) is 3.48. The van der Waals surface area contributed by atoms with Crippen LogP contribution in [0.2, 0.25) is 0 Å². The number of sulfonamides is 1. The van der Waals surface area contributed by atoms with Crippen molar-refractivity contribution in [2.75, 3.05) is 6.61 Å². The van der Waals surface area contributed by atoms with Crippen LogP contribution in [0, 0.1) is 6.92 Å². The molecule has 3 rings (SSSR count). The van der Waals surface area contributed by atoms with Crippen molar-refractivity contribution in [3.8, 4) is 0 Å². The van der Waals surface area contributed by atoms with Gasteiger partial charge in [0.1, 0.15) is 0 Å². The summed E-state index contributed by atoms with van der Waals surface area (Å²) in [5.74, 6) is 0.0630. The second-order valence-corrected chi connectivity index (χ2v) is 7.57. The maximum absolute atomic E-state index is 12.7. The first kappa shape index (κ1) is 17.6. The molecule has 1 heterocycles. The molecule has 1 aliphatic heterocycles. The summed E-state index contributed by atoms with van der Waals surface area (Å²) in [4.78, 5) is 0.139. The molecule has 132 valence electrons. The van der Waals surface area contributed by atoms with E-state index in [1.54, 1.807) is 36.4 Å². The van der Waals surface area contributed by atoms with Crippen molar-refractivity contribution in [3.05, 3.63) is 65.7 Å². The van der Waals surface area contributed by atoms with Crippen LogP contribution in [0.5, 0.6) is 0 Å². The molecule has 6 heteroatoms. The Morgan fingerprint density at radius 2 is 1.80 bits per heavy atom. The summed E-state index contributed by atoms with van der Waals surface area (Å²) in [5, 5.41) is 0. The van der Waals surface area contributed by atoms with Crippen LogP contribution >= 0.6 is 0 Å². The number of aryl methyl sites for hydroxylation is 1. The van der Waals surface area contributed by atoms with E-state index >= 15 is 0 Å². The smallest absolute Gasteiger partial charge is 0.285 e. The first-order valence-electron chi connectivity index (χ1n) is 8.30. The van der Waals surface area contributed by atoms with Crippen molar-refractivity contribution in [2.24, 2.45) is 4.40 Å². The van der Waals surface area contributed by atoms with Gasteiger partial charge in [-0.25, -0.2) is 0 Å². The molecule has 25 heavy (non-hydrogen) atoms. The molecule has 5 nitrogen and oxygen atoms in total. The summed E-state index contributed by atoms with van der Waals surface area (Å²) < 4.78 is 40.7. The predicted molar refractivity (Wildman–Crippen MR) is 96.0 cm³/mol. The van der Waals surface area contributed by atoms with Gasteiger partial charge in [0.05, 0.1) is 11.5 Å². The van der Waals surface area contributed by atoms with Gasteiger partial charge < -0.3 is 9.47 Å². The summed E-state index contributed by atoms with van der Waals surface area (Å²) in [6.45, 7) is 2.51. The number of hydrogen-bond donors (Lipinski definition) is 0. The Labute approximate surface area is 148 Å². The number of benzene rings is 2. The van der Waals surface area contributed by atoms with Crippen LogP contribution in [0.3, 0.4) is 0 Å². The molecule has 0 N–H and O–H groups in total. The standard InChI is InChI=1S/C19H21NO4S/c1-15-10-12-17(13-11-15)25(21,22)20-19(16-7-3-2-4-8-16)24-18-9-5-6-14-23-18/h2-4,7-8,10-13,18H,5-6,9,14H2,1H3/b20-19-/t18-/m0/s1. The maximum Gasteiger partial charge on any atom is 0.285 e. The van der Waals surface area contributed by atoms with Crippen LogP contribution in [-0.4, -0.2) is 27.2 Å². The van der Waals surface area contributed by atoms with Gasteiger partial charge in [0.2, 0.25) is 12.2 Å².